The predicted octanol–water partition coefficient (Wildman–Crippen LogP) is 3.63. The molecule has 0 fully saturated rings. The molecule has 32 heavy (non-hydrogen) atoms. The minimum atomic E-state index is -3.84. The highest BCUT2D eigenvalue weighted by Gasteiger charge is 2.37. The van der Waals surface area contributed by atoms with E-state index >= 15 is 0 Å². The molecule has 0 saturated heterocycles. The second-order valence-corrected chi connectivity index (χ2v) is 9.98. The van der Waals surface area contributed by atoms with Gasteiger partial charge in [0.05, 0.1) is 10.9 Å². The van der Waals surface area contributed by atoms with E-state index in [4.69, 9.17) is 0 Å². The van der Waals surface area contributed by atoms with E-state index in [-0.39, 0.29) is 29.2 Å². The zero-order valence-corrected chi connectivity index (χ0v) is 19.6. The molecular formula is C24H31N3O4S. The summed E-state index contributed by atoms with van der Waals surface area (Å²) in [7, 11) is -3.84. The summed E-state index contributed by atoms with van der Waals surface area (Å²) >= 11 is 0. The van der Waals surface area contributed by atoms with Crippen LogP contribution in [0.3, 0.4) is 0 Å². The van der Waals surface area contributed by atoms with Gasteiger partial charge in [-0.25, -0.2) is 8.42 Å². The molecule has 2 aromatic carbocycles. The molecule has 1 aliphatic heterocycles. The molecule has 172 valence electrons. The lowest BCUT2D eigenvalue weighted by Gasteiger charge is -2.36. The second kappa shape index (κ2) is 10.3. The number of hydrogen-bond acceptors (Lipinski definition) is 4. The van der Waals surface area contributed by atoms with Crippen molar-refractivity contribution in [2.24, 2.45) is 0 Å². The van der Waals surface area contributed by atoms with Gasteiger partial charge in [0, 0.05) is 31.1 Å². The highest BCUT2D eigenvalue weighted by Crippen LogP contribution is 2.36. The summed E-state index contributed by atoms with van der Waals surface area (Å²) < 4.78 is 28.6. The second-order valence-electron chi connectivity index (χ2n) is 8.09. The highest BCUT2D eigenvalue weighted by molar-refractivity contribution is 7.89. The number of carbonyl (C=O) groups is 2. The number of sulfonamides is 1. The van der Waals surface area contributed by atoms with Gasteiger partial charge < -0.3 is 10.6 Å². The smallest absolute Gasteiger partial charge is 0.243 e. The molecule has 2 aromatic rings. The Bertz CT molecular complexity index is 1070. The van der Waals surface area contributed by atoms with Gasteiger partial charge in [-0.1, -0.05) is 38.1 Å². The lowest BCUT2D eigenvalue weighted by molar-refractivity contribution is -0.122. The first-order chi connectivity index (χ1) is 15.3. The van der Waals surface area contributed by atoms with Gasteiger partial charge >= 0.3 is 0 Å². The quantitative estimate of drug-likeness (QED) is 0.633. The van der Waals surface area contributed by atoms with Crippen molar-refractivity contribution < 1.29 is 18.0 Å². The molecule has 1 aliphatic rings. The molecule has 3 rings (SSSR count). The van der Waals surface area contributed by atoms with Crippen LogP contribution in [0.1, 0.15) is 57.2 Å². The fraction of sp³-hybridized carbons (Fsp3) is 0.417. The highest BCUT2D eigenvalue weighted by atomic mass is 32.2. The number of hydrogen-bond donors (Lipinski definition) is 2. The molecular weight excluding hydrogens is 426 g/mol. The number of fused-ring (bicyclic) bond motifs is 1. The van der Waals surface area contributed by atoms with Gasteiger partial charge in [-0.3, -0.25) is 9.59 Å². The van der Waals surface area contributed by atoms with E-state index < -0.39 is 16.1 Å². The molecule has 1 heterocycles. The SMILES string of the molecule is CCC(=O)Nc1ccc(S(=O)(=O)N2CCc3ccccc3[C@H]2CC(=O)N[C@H](C)CC)cc1. The van der Waals surface area contributed by atoms with E-state index in [2.05, 4.69) is 10.6 Å². The predicted molar refractivity (Wildman–Crippen MR) is 125 cm³/mol. The zero-order valence-electron chi connectivity index (χ0n) is 18.8. The molecule has 0 aromatic heterocycles. The first-order valence-electron chi connectivity index (χ1n) is 11.0. The Morgan fingerprint density at radius 2 is 1.75 bits per heavy atom. The molecule has 2 N–H and O–H groups in total. The third kappa shape index (κ3) is 5.37. The number of anilines is 1. The van der Waals surface area contributed by atoms with Gasteiger partial charge in [-0.15, -0.1) is 0 Å². The van der Waals surface area contributed by atoms with E-state index in [9.17, 15) is 18.0 Å². The normalized spacial score (nSPS) is 17.3. The fourth-order valence-corrected chi connectivity index (χ4v) is 5.44. The lowest BCUT2D eigenvalue weighted by Crippen LogP contribution is -2.43. The zero-order chi connectivity index (χ0) is 23.3. The monoisotopic (exact) mass is 457 g/mol. The molecule has 2 amide bonds. The summed E-state index contributed by atoms with van der Waals surface area (Å²) in [5.74, 6) is -0.306. The number of benzene rings is 2. The van der Waals surface area contributed by atoms with E-state index in [1.165, 1.54) is 16.4 Å². The Labute approximate surface area is 190 Å². The van der Waals surface area contributed by atoms with Crippen LogP contribution in [0.2, 0.25) is 0 Å². The Kier molecular flexibility index (Phi) is 7.69. The van der Waals surface area contributed by atoms with E-state index in [1.54, 1.807) is 19.1 Å². The summed E-state index contributed by atoms with van der Waals surface area (Å²) in [6.07, 6.45) is 1.79. The maximum Gasteiger partial charge on any atom is 0.243 e. The topological polar surface area (TPSA) is 95.6 Å². The summed E-state index contributed by atoms with van der Waals surface area (Å²) in [5.41, 5.74) is 2.48. The number of carbonyl (C=O) groups excluding carboxylic acids is 2. The minimum absolute atomic E-state index is 0.0252. The van der Waals surface area contributed by atoms with Crippen LogP contribution in [-0.4, -0.2) is 37.1 Å². The molecule has 8 heteroatoms. The average Bonchev–Trinajstić information content (AvgIpc) is 2.79. The van der Waals surface area contributed by atoms with E-state index in [0.717, 1.165) is 17.5 Å². The van der Waals surface area contributed by atoms with Crippen LogP contribution in [0.25, 0.3) is 0 Å². The largest absolute Gasteiger partial charge is 0.354 e. The van der Waals surface area contributed by atoms with Crippen molar-refractivity contribution in [3.8, 4) is 0 Å². The fourth-order valence-electron chi connectivity index (χ4n) is 3.83. The van der Waals surface area contributed by atoms with Gasteiger partial charge in [0.2, 0.25) is 21.8 Å². The summed E-state index contributed by atoms with van der Waals surface area (Å²) in [5, 5.41) is 5.67. The van der Waals surface area contributed by atoms with Crippen molar-refractivity contribution in [1.29, 1.82) is 0 Å². The summed E-state index contributed by atoms with van der Waals surface area (Å²) in [6.45, 7) is 5.97. The van der Waals surface area contributed by atoms with Gasteiger partial charge in [-0.2, -0.15) is 4.31 Å². The minimum Gasteiger partial charge on any atom is -0.354 e. The molecule has 0 saturated carbocycles. The van der Waals surface area contributed by atoms with Crippen molar-refractivity contribution in [1.82, 2.24) is 9.62 Å². The molecule has 0 spiro atoms. The van der Waals surface area contributed by atoms with Crippen LogP contribution in [0.15, 0.2) is 53.4 Å². The van der Waals surface area contributed by atoms with Crippen LogP contribution in [-0.2, 0) is 26.0 Å². The van der Waals surface area contributed by atoms with Gasteiger partial charge in [-0.05, 0) is 55.2 Å². The van der Waals surface area contributed by atoms with E-state index in [0.29, 0.717) is 25.1 Å². The standard InChI is InChI=1S/C24H31N3O4S/c1-4-17(3)25-24(29)16-22-21-9-7-6-8-18(21)14-15-27(22)32(30,31)20-12-10-19(11-13-20)26-23(28)5-2/h6-13,17,22H,4-5,14-16H2,1-3H3,(H,25,29)(H,26,28)/t17-,22-/m1/s1. The Hall–Kier alpha value is -2.71. The number of rotatable bonds is 8. The van der Waals surface area contributed by atoms with Crippen molar-refractivity contribution in [2.75, 3.05) is 11.9 Å². The Morgan fingerprint density at radius 1 is 1.06 bits per heavy atom. The van der Waals surface area contributed by atoms with Crippen LogP contribution in [0.4, 0.5) is 5.69 Å². The van der Waals surface area contributed by atoms with Gasteiger partial charge in [0.25, 0.3) is 0 Å². The van der Waals surface area contributed by atoms with Gasteiger partial charge in [0.1, 0.15) is 0 Å². The van der Waals surface area contributed by atoms with Crippen LogP contribution in [0.5, 0.6) is 0 Å². The first kappa shape index (κ1) is 23.9. The number of nitrogens with one attached hydrogen (secondary N) is 2. The van der Waals surface area contributed by atoms with Crippen molar-refractivity contribution in [3.63, 3.8) is 0 Å². The van der Waals surface area contributed by atoms with Gasteiger partial charge in [0.15, 0.2) is 0 Å². The van der Waals surface area contributed by atoms with Crippen LogP contribution in [0, 0.1) is 0 Å². The molecule has 7 nitrogen and oxygen atoms in total. The first-order valence-corrected chi connectivity index (χ1v) is 12.5. The maximum absolute atomic E-state index is 13.6. The lowest BCUT2D eigenvalue weighted by atomic mass is 9.92. The third-order valence-corrected chi connectivity index (χ3v) is 7.75. The van der Waals surface area contributed by atoms with Crippen molar-refractivity contribution >= 4 is 27.5 Å². The summed E-state index contributed by atoms with van der Waals surface area (Å²) in [4.78, 5) is 24.4. The third-order valence-electron chi connectivity index (χ3n) is 5.83. The molecule has 0 unspecified atom stereocenters. The molecule has 0 aliphatic carbocycles. The van der Waals surface area contributed by atoms with Crippen molar-refractivity contribution in [3.05, 3.63) is 59.7 Å². The van der Waals surface area contributed by atoms with Crippen LogP contribution >= 0.6 is 0 Å². The van der Waals surface area contributed by atoms with Crippen molar-refractivity contribution in [2.45, 2.75) is 63.4 Å². The Balaban J connectivity index is 1.91. The Morgan fingerprint density at radius 3 is 2.41 bits per heavy atom. The molecule has 0 radical (unpaired) electrons. The average molecular weight is 458 g/mol. The molecule has 0 bridgehead atoms. The molecule has 2 atom stereocenters. The summed E-state index contributed by atoms with van der Waals surface area (Å²) in [6, 6.07) is 13.3. The maximum atomic E-state index is 13.6. The number of amides is 2. The number of nitrogens with zero attached hydrogens (tertiary/aromatic N) is 1. The van der Waals surface area contributed by atoms with Crippen LogP contribution < -0.4 is 10.6 Å². The van der Waals surface area contributed by atoms with E-state index in [1.807, 2.05) is 38.1 Å².